The van der Waals surface area contributed by atoms with Gasteiger partial charge in [0.2, 0.25) is 10.0 Å². The molecule has 0 bridgehead atoms. The van der Waals surface area contributed by atoms with Gasteiger partial charge in [-0.1, -0.05) is 0 Å². The number of furan rings is 1. The third-order valence-corrected chi connectivity index (χ3v) is 5.20. The zero-order chi connectivity index (χ0) is 18.7. The highest BCUT2D eigenvalue weighted by molar-refractivity contribution is 7.89. The highest BCUT2D eigenvalue weighted by Gasteiger charge is 2.22. The zero-order valence-electron chi connectivity index (χ0n) is 14.6. The molecule has 0 amide bonds. The Bertz CT molecular complexity index is 1010. The van der Waals surface area contributed by atoms with E-state index in [2.05, 4.69) is 20.2 Å². The number of benzene rings is 1. The van der Waals surface area contributed by atoms with Gasteiger partial charge in [-0.3, -0.25) is 0 Å². The Morgan fingerprint density at radius 3 is 2.73 bits per heavy atom. The summed E-state index contributed by atoms with van der Waals surface area (Å²) in [5, 5.41) is 11.5. The van der Waals surface area contributed by atoms with Gasteiger partial charge in [0, 0.05) is 12.1 Å². The second-order valence-electron chi connectivity index (χ2n) is 5.52. The lowest BCUT2D eigenvalue weighted by atomic mass is 10.2. The van der Waals surface area contributed by atoms with E-state index in [1.165, 1.54) is 13.2 Å². The molecule has 0 fully saturated rings. The molecular formula is C16H19N5O4S. The fraction of sp³-hybridized carbons (Fsp3) is 0.312. The first-order chi connectivity index (χ1) is 12.4. The predicted molar refractivity (Wildman–Crippen MR) is 92.9 cm³/mol. The van der Waals surface area contributed by atoms with Crippen molar-refractivity contribution >= 4 is 10.0 Å². The maximum Gasteiger partial charge on any atom is 0.244 e. The molecule has 0 aliphatic carbocycles. The summed E-state index contributed by atoms with van der Waals surface area (Å²) in [4.78, 5) is 0.00595. The molecule has 0 aliphatic rings. The number of rotatable bonds is 7. The monoisotopic (exact) mass is 377 g/mol. The second-order valence-corrected chi connectivity index (χ2v) is 7.26. The number of nitrogens with one attached hydrogen (secondary N) is 1. The summed E-state index contributed by atoms with van der Waals surface area (Å²) in [6.45, 7) is 4.29. The number of tetrazole rings is 1. The molecule has 26 heavy (non-hydrogen) atoms. The highest BCUT2D eigenvalue weighted by atomic mass is 32.2. The van der Waals surface area contributed by atoms with Crippen LogP contribution in [0.15, 0.2) is 39.6 Å². The first-order valence-electron chi connectivity index (χ1n) is 7.94. The minimum absolute atomic E-state index is 0.00595. The van der Waals surface area contributed by atoms with Crippen LogP contribution in [0.1, 0.15) is 18.4 Å². The van der Waals surface area contributed by atoms with Gasteiger partial charge in [-0.15, -0.1) is 5.10 Å². The molecule has 2 aromatic heterocycles. The van der Waals surface area contributed by atoms with Gasteiger partial charge >= 0.3 is 0 Å². The van der Waals surface area contributed by atoms with E-state index in [4.69, 9.17) is 9.15 Å². The topological polar surface area (TPSA) is 112 Å². The lowest BCUT2D eigenvalue weighted by Gasteiger charge is -2.12. The molecule has 9 nitrogen and oxygen atoms in total. The number of nitrogens with zero attached hydrogens (tertiary/aromatic N) is 4. The van der Waals surface area contributed by atoms with Crippen molar-refractivity contribution in [1.82, 2.24) is 24.9 Å². The van der Waals surface area contributed by atoms with Crippen molar-refractivity contribution in [3.8, 4) is 17.1 Å². The molecule has 0 atom stereocenters. The van der Waals surface area contributed by atoms with E-state index in [0.29, 0.717) is 29.5 Å². The Balaban J connectivity index is 1.95. The van der Waals surface area contributed by atoms with Gasteiger partial charge in [0.05, 0.1) is 13.7 Å². The van der Waals surface area contributed by atoms with E-state index in [-0.39, 0.29) is 17.2 Å². The van der Waals surface area contributed by atoms with Crippen LogP contribution < -0.4 is 9.46 Å². The summed E-state index contributed by atoms with van der Waals surface area (Å²) in [7, 11) is -2.42. The molecule has 3 rings (SSSR count). The number of aryl methyl sites for hydroxylation is 2. The van der Waals surface area contributed by atoms with Crippen LogP contribution in [0.25, 0.3) is 11.4 Å². The molecule has 2 heterocycles. The molecule has 0 saturated carbocycles. The van der Waals surface area contributed by atoms with E-state index >= 15 is 0 Å². The maximum atomic E-state index is 12.8. The molecule has 1 aromatic carbocycles. The van der Waals surface area contributed by atoms with E-state index in [9.17, 15) is 8.42 Å². The van der Waals surface area contributed by atoms with Crippen molar-refractivity contribution in [2.45, 2.75) is 31.8 Å². The number of ether oxygens (including phenoxy) is 1. The van der Waals surface area contributed by atoms with Gasteiger partial charge in [0.15, 0.2) is 5.82 Å². The molecule has 10 heteroatoms. The van der Waals surface area contributed by atoms with Gasteiger partial charge < -0.3 is 9.15 Å². The zero-order valence-corrected chi connectivity index (χ0v) is 15.4. The van der Waals surface area contributed by atoms with Crippen molar-refractivity contribution in [3.05, 3.63) is 41.9 Å². The number of hydrogen-bond donors (Lipinski definition) is 1. The van der Waals surface area contributed by atoms with Gasteiger partial charge in [0.25, 0.3) is 0 Å². The quantitative estimate of drug-likeness (QED) is 0.667. The summed E-state index contributed by atoms with van der Waals surface area (Å²) in [5.41, 5.74) is 0.576. The first kappa shape index (κ1) is 18.1. The molecule has 0 saturated heterocycles. The Hall–Kier alpha value is -2.72. The Morgan fingerprint density at radius 2 is 2.08 bits per heavy atom. The van der Waals surface area contributed by atoms with Crippen molar-refractivity contribution in [3.63, 3.8) is 0 Å². The molecule has 0 aliphatic heterocycles. The summed E-state index contributed by atoms with van der Waals surface area (Å²) in [6.07, 6.45) is 0. The number of sulfonamides is 1. The Morgan fingerprint density at radius 1 is 1.27 bits per heavy atom. The maximum absolute atomic E-state index is 12.8. The van der Waals surface area contributed by atoms with Crippen LogP contribution in [0.5, 0.6) is 5.75 Å². The fourth-order valence-electron chi connectivity index (χ4n) is 2.47. The Labute approximate surface area is 151 Å². The average molecular weight is 377 g/mol. The highest BCUT2D eigenvalue weighted by Crippen LogP contribution is 2.29. The van der Waals surface area contributed by atoms with Crippen molar-refractivity contribution < 1.29 is 17.6 Å². The molecule has 0 radical (unpaired) electrons. The smallest absolute Gasteiger partial charge is 0.244 e. The molecule has 1 N–H and O–H groups in total. The number of aromatic nitrogens is 4. The lowest BCUT2D eigenvalue weighted by Crippen LogP contribution is -2.23. The van der Waals surface area contributed by atoms with Crippen LogP contribution in [0.4, 0.5) is 0 Å². The van der Waals surface area contributed by atoms with Crippen LogP contribution in [-0.2, 0) is 23.1 Å². The molecule has 0 unspecified atom stereocenters. The van der Waals surface area contributed by atoms with Crippen molar-refractivity contribution in [1.29, 1.82) is 0 Å². The van der Waals surface area contributed by atoms with E-state index in [1.807, 2.05) is 6.92 Å². The van der Waals surface area contributed by atoms with Crippen LogP contribution in [0.2, 0.25) is 0 Å². The van der Waals surface area contributed by atoms with Crippen LogP contribution in [0.3, 0.4) is 0 Å². The first-order valence-corrected chi connectivity index (χ1v) is 9.42. The van der Waals surface area contributed by atoms with Gasteiger partial charge in [-0.2, -0.15) is 0 Å². The molecule has 0 spiro atoms. The average Bonchev–Trinajstić information content (AvgIpc) is 3.28. The van der Waals surface area contributed by atoms with Gasteiger partial charge in [0.1, 0.15) is 22.2 Å². The minimum Gasteiger partial charge on any atom is -0.495 e. The molecule has 3 aromatic rings. The minimum atomic E-state index is -3.84. The van der Waals surface area contributed by atoms with Crippen molar-refractivity contribution in [2.24, 2.45) is 0 Å². The number of hydrogen-bond acceptors (Lipinski definition) is 7. The number of methoxy groups -OCH3 is 1. The normalized spacial score (nSPS) is 11.7. The molecular weight excluding hydrogens is 358 g/mol. The van der Waals surface area contributed by atoms with E-state index in [0.717, 1.165) is 0 Å². The van der Waals surface area contributed by atoms with Crippen LogP contribution in [0, 0.1) is 6.92 Å². The molecule has 138 valence electrons. The standard InChI is InChI=1S/C16H19N5O4S/c1-4-21-16(18-19-20-21)12-6-8-14(24-3)15(9-12)26(22,23)17-10-13-7-5-11(2)25-13/h5-9,17H,4,10H2,1-3H3. The lowest BCUT2D eigenvalue weighted by molar-refractivity contribution is 0.402. The van der Waals surface area contributed by atoms with Crippen LogP contribution >= 0.6 is 0 Å². The van der Waals surface area contributed by atoms with Gasteiger partial charge in [-0.05, 0) is 54.6 Å². The largest absolute Gasteiger partial charge is 0.495 e. The Kier molecular flexibility index (Phi) is 5.05. The summed E-state index contributed by atoms with van der Waals surface area (Å²) in [6, 6.07) is 8.28. The third kappa shape index (κ3) is 3.60. The van der Waals surface area contributed by atoms with Crippen molar-refractivity contribution in [2.75, 3.05) is 7.11 Å². The summed E-state index contributed by atoms with van der Waals surface area (Å²) in [5.74, 6) is 1.95. The SMILES string of the molecule is CCn1nnnc1-c1ccc(OC)c(S(=O)(=O)NCc2ccc(C)o2)c1. The third-order valence-electron chi connectivity index (χ3n) is 3.78. The van der Waals surface area contributed by atoms with Gasteiger partial charge in [-0.25, -0.2) is 17.8 Å². The van der Waals surface area contributed by atoms with E-state index in [1.54, 1.807) is 35.9 Å². The van der Waals surface area contributed by atoms with Crippen LogP contribution in [-0.4, -0.2) is 35.7 Å². The predicted octanol–water partition coefficient (Wildman–Crippen LogP) is 1.75. The summed E-state index contributed by atoms with van der Waals surface area (Å²) < 4.78 is 40.3. The fourth-order valence-corrected chi connectivity index (χ4v) is 3.66. The second kappa shape index (κ2) is 7.26. The van der Waals surface area contributed by atoms with E-state index < -0.39 is 10.0 Å². The summed E-state index contributed by atoms with van der Waals surface area (Å²) >= 11 is 0.